The van der Waals surface area contributed by atoms with Gasteiger partial charge in [-0.3, -0.25) is 4.79 Å². The molecule has 0 spiro atoms. The van der Waals surface area contributed by atoms with Crippen molar-refractivity contribution in [1.29, 1.82) is 0 Å². The van der Waals surface area contributed by atoms with Crippen molar-refractivity contribution >= 4 is 37.5 Å². The van der Waals surface area contributed by atoms with Crippen LogP contribution >= 0.6 is 11.3 Å². The monoisotopic (exact) mass is 451 g/mol. The van der Waals surface area contributed by atoms with Crippen molar-refractivity contribution < 1.29 is 22.0 Å². The predicted octanol–water partition coefficient (Wildman–Crippen LogP) is 3.61. The Labute approximate surface area is 176 Å². The zero-order valence-corrected chi connectivity index (χ0v) is 17.5. The Kier molecular flexibility index (Phi) is 5.81. The van der Waals surface area contributed by atoms with Gasteiger partial charge in [-0.1, -0.05) is 12.1 Å². The molecule has 2 aromatic carbocycles. The fraction of sp³-hybridized carbons (Fsp3) is 0.300. The molecule has 1 aromatic heterocycles. The molecule has 1 N–H and O–H groups in total. The summed E-state index contributed by atoms with van der Waals surface area (Å²) in [5.74, 6) is -2.55. The van der Waals surface area contributed by atoms with Crippen LogP contribution in [0.15, 0.2) is 47.4 Å². The third kappa shape index (κ3) is 4.21. The Morgan fingerprint density at radius 2 is 2.00 bits per heavy atom. The number of sulfonamides is 1. The van der Waals surface area contributed by atoms with Crippen molar-refractivity contribution in [3.8, 4) is 0 Å². The first-order valence-corrected chi connectivity index (χ1v) is 11.7. The fourth-order valence-corrected chi connectivity index (χ4v) is 5.68. The first-order valence-electron chi connectivity index (χ1n) is 9.45. The number of thiazole rings is 1. The number of amides is 1. The van der Waals surface area contributed by atoms with Gasteiger partial charge in [0.05, 0.1) is 21.2 Å². The molecule has 1 aliphatic rings. The number of hydrogen-bond acceptors (Lipinski definition) is 5. The van der Waals surface area contributed by atoms with E-state index in [4.69, 9.17) is 0 Å². The van der Waals surface area contributed by atoms with E-state index in [1.54, 1.807) is 16.2 Å². The maximum Gasteiger partial charge on any atom is 0.240 e. The molecule has 1 fully saturated rings. The summed E-state index contributed by atoms with van der Waals surface area (Å²) in [6, 6.07) is 10.0. The molecule has 0 radical (unpaired) electrons. The van der Waals surface area contributed by atoms with E-state index in [1.165, 1.54) is 0 Å². The summed E-state index contributed by atoms with van der Waals surface area (Å²) in [6.45, 7) is 0.457. The minimum atomic E-state index is -4.04. The summed E-state index contributed by atoms with van der Waals surface area (Å²) in [6.07, 6.45) is 1.63. The number of likely N-dealkylation sites (tertiary alicyclic amines) is 1. The molecule has 0 unspecified atom stereocenters. The molecule has 10 heteroatoms. The second-order valence-corrected chi connectivity index (χ2v) is 9.82. The minimum absolute atomic E-state index is 0.0374. The molecule has 6 nitrogen and oxygen atoms in total. The third-order valence-electron chi connectivity index (χ3n) is 5.00. The maximum absolute atomic E-state index is 13.3. The highest BCUT2D eigenvalue weighted by molar-refractivity contribution is 7.89. The van der Waals surface area contributed by atoms with Gasteiger partial charge in [0.2, 0.25) is 15.9 Å². The Bertz CT molecular complexity index is 1160. The summed E-state index contributed by atoms with van der Waals surface area (Å²) >= 11 is 1.56. The largest absolute Gasteiger partial charge is 0.333 e. The first-order chi connectivity index (χ1) is 14.3. The Balaban J connectivity index is 1.40. The fourth-order valence-electron chi connectivity index (χ4n) is 3.52. The van der Waals surface area contributed by atoms with Gasteiger partial charge in [0, 0.05) is 19.5 Å². The molecule has 30 heavy (non-hydrogen) atoms. The number of nitrogens with zero attached hydrogens (tertiary/aromatic N) is 2. The molecule has 1 saturated heterocycles. The van der Waals surface area contributed by atoms with Crippen LogP contribution < -0.4 is 4.72 Å². The highest BCUT2D eigenvalue weighted by Gasteiger charge is 2.32. The maximum atomic E-state index is 13.3. The normalized spacial score (nSPS) is 17.0. The molecular formula is C20H19F2N3O3S2. The molecule has 0 bridgehead atoms. The van der Waals surface area contributed by atoms with Crippen molar-refractivity contribution in [1.82, 2.24) is 14.6 Å². The molecule has 158 valence electrons. The van der Waals surface area contributed by atoms with Crippen LogP contribution in [-0.4, -0.2) is 37.3 Å². The number of para-hydroxylation sites is 1. The zero-order chi connectivity index (χ0) is 21.3. The summed E-state index contributed by atoms with van der Waals surface area (Å²) in [7, 11) is -4.04. The number of halogens is 2. The average molecular weight is 452 g/mol. The number of aromatic nitrogens is 1. The molecule has 0 aliphatic carbocycles. The van der Waals surface area contributed by atoms with Gasteiger partial charge in [0.15, 0.2) is 11.6 Å². The molecular weight excluding hydrogens is 432 g/mol. The smallest absolute Gasteiger partial charge is 0.240 e. The van der Waals surface area contributed by atoms with Gasteiger partial charge in [0.1, 0.15) is 5.01 Å². The minimum Gasteiger partial charge on any atom is -0.333 e. The van der Waals surface area contributed by atoms with Gasteiger partial charge in [-0.2, -0.15) is 0 Å². The van der Waals surface area contributed by atoms with Crippen LogP contribution in [0.25, 0.3) is 10.2 Å². The second kappa shape index (κ2) is 8.37. The first kappa shape index (κ1) is 20.8. The number of nitrogens with one attached hydrogen (secondary N) is 1. The van der Waals surface area contributed by atoms with E-state index in [9.17, 15) is 22.0 Å². The van der Waals surface area contributed by atoms with E-state index in [2.05, 4.69) is 9.71 Å². The number of fused-ring (bicyclic) bond motifs is 1. The quantitative estimate of drug-likeness (QED) is 0.621. The number of carbonyl (C=O) groups is 1. The molecule has 1 amide bonds. The van der Waals surface area contributed by atoms with Crippen LogP contribution in [0, 0.1) is 11.6 Å². The molecule has 1 atom stereocenters. The lowest BCUT2D eigenvalue weighted by Crippen LogP contribution is -2.34. The van der Waals surface area contributed by atoms with Crippen molar-refractivity contribution in [3.05, 3.63) is 59.1 Å². The molecule has 2 heterocycles. The third-order valence-corrected chi connectivity index (χ3v) is 7.60. The number of rotatable bonds is 6. The number of carbonyl (C=O) groups excluding carboxylic acids is 1. The average Bonchev–Trinajstić information content (AvgIpc) is 3.36. The SMILES string of the molecule is O=C(CCNS(=O)(=O)c1ccc(F)c(F)c1)N1CCC[C@H]1c1nc2ccccc2s1. The highest BCUT2D eigenvalue weighted by atomic mass is 32.2. The van der Waals surface area contributed by atoms with Crippen molar-refractivity contribution in [2.45, 2.75) is 30.2 Å². The van der Waals surface area contributed by atoms with Crippen LogP contribution in [-0.2, 0) is 14.8 Å². The summed E-state index contributed by atoms with van der Waals surface area (Å²) in [5.41, 5.74) is 0.899. The van der Waals surface area contributed by atoms with Gasteiger partial charge in [-0.05, 0) is 43.2 Å². The van der Waals surface area contributed by atoms with Crippen molar-refractivity contribution in [2.75, 3.05) is 13.1 Å². The Hall–Kier alpha value is -2.43. The number of benzene rings is 2. The van der Waals surface area contributed by atoms with Crippen molar-refractivity contribution in [3.63, 3.8) is 0 Å². The summed E-state index contributed by atoms with van der Waals surface area (Å²) in [4.78, 5) is 18.7. The van der Waals surface area contributed by atoms with Crippen LogP contribution in [0.4, 0.5) is 8.78 Å². The second-order valence-electron chi connectivity index (χ2n) is 6.99. The molecule has 4 rings (SSSR count). The number of hydrogen-bond donors (Lipinski definition) is 1. The van der Waals surface area contributed by atoms with E-state index in [0.717, 1.165) is 40.2 Å². The molecule has 0 saturated carbocycles. The van der Waals surface area contributed by atoms with Crippen LogP contribution in [0.1, 0.15) is 30.3 Å². The predicted molar refractivity (Wildman–Crippen MR) is 109 cm³/mol. The van der Waals surface area contributed by atoms with Crippen LogP contribution in [0.2, 0.25) is 0 Å². The van der Waals surface area contributed by atoms with E-state index < -0.39 is 21.7 Å². The summed E-state index contributed by atoms with van der Waals surface area (Å²) in [5, 5.41) is 0.879. The molecule has 1 aliphatic heterocycles. The van der Waals surface area contributed by atoms with E-state index >= 15 is 0 Å². The van der Waals surface area contributed by atoms with Crippen LogP contribution in [0.5, 0.6) is 0 Å². The van der Waals surface area contributed by atoms with Gasteiger partial charge >= 0.3 is 0 Å². The van der Waals surface area contributed by atoms with Crippen molar-refractivity contribution in [2.24, 2.45) is 0 Å². The topological polar surface area (TPSA) is 79.4 Å². The molecule has 3 aromatic rings. The lowest BCUT2D eigenvalue weighted by molar-refractivity contribution is -0.131. The van der Waals surface area contributed by atoms with E-state index in [1.807, 2.05) is 24.3 Å². The lowest BCUT2D eigenvalue weighted by atomic mass is 10.2. The van der Waals surface area contributed by atoms with E-state index in [0.29, 0.717) is 12.6 Å². The van der Waals surface area contributed by atoms with E-state index in [-0.39, 0.29) is 29.8 Å². The van der Waals surface area contributed by atoms with Crippen LogP contribution in [0.3, 0.4) is 0 Å². The van der Waals surface area contributed by atoms with Gasteiger partial charge in [0.25, 0.3) is 0 Å². The standard InChI is InChI=1S/C20H19F2N3O3S2/c21-14-8-7-13(12-15(14)22)30(27,28)23-10-9-19(26)25-11-3-5-17(25)20-24-16-4-1-2-6-18(16)29-20/h1-2,4,6-8,12,17,23H,3,5,9-11H2/t17-/m0/s1. The van der Waals surface area contributed by atoms with Gasteiger partial charge in [-0.25, -0.2) is 26.9 Å². The summed E-state index contributed by atoms with van der Waals surface area (Å²) < 4.78 is 54.2. The van der Waals surface area contributed by atoms with Gasteiger partial charge < -0.3 is 4.90 Å². The Morgan fingerprint density at radius 3 is 2.77 bits per heavy atom. The Morgan fingerprint density at radius 1 is 1.20 bits per heavy atom. The lowest BCUT2D eigenvalue weighted by Gasteiger charge is -2.23. The van der Waals surface area contributed by atoms with Gasteiger partial charge in [-0.15, -0.1) is 11.3 Å². The zero-order valence-electron chi connectivity index (χ0n) is 15.8. The highest BCUT2D eigenvalue weighted by Crippen LogP contribution is 2.36.